The lowest BCUT2D eigenvalue weighted by atomic mass is 9.86. The van der Waals surface area contributed by atoms with Crippen LogP contribution < -0.4 is 5.32 Å². The average Bonchev–Trinajstić information content (AvgIpc) is 2.57. The molecule has 1 aliphatic rings. The highest BCUT2D eigenvalue weighted by atomic mass is 32.2. The van der Waals surface area contributed by atoms with Gasteiger partial charge in [-0.2, -0.15) is 0 Å². The van der Waals surface area contributed by atoms with Gasteiger partial charge in [0.1, 0.15) is 0 Å². The number of thioether (sulfide) groups is 1. The van der Waals surface area contributed by atoms with Gasteiger partial charge in [0.2, 0.25) is 0 Å². The van der Waals surface area contributed by atoms with Crippen molar-refractivity contribution in [3.63, 3.8) is 0 Å². The maximum atomic E-state index is 11.9. The minimum Gasteiger partial charge on any atom is -0.455 e. The van der Waals surface area contributed by atoms with Crippen LogP contribution in [0.25, 0.3) is 0 Å². The van der Waals surface area contributed by atoms with Crippen LogP contribution >= 0.6 is 11.8 Å². The number of benzene rings is 1. The van der Waals surface area contributed by atoms with Gasteiger partial charge < -0.3 is 10.1 Å². The molecular weight excluding hydrogens is 322 g/mol. The van der Waals surface area contributed by atoms with E-state index in [1.54, 1.807) is 0 Å². The standard InChI is InChI=1S/C19H27NO3S/c1-14-7-9-16(10-8-14)12-24-13-19(22)23-11-18(21)20-17-6-4-3-5-15(17)2/h7-10,15,17H,3-6,11-13H2,1-2H3,(H,20,21)/t15-,17+/m0/s1. The molecule has 1 aliphatic carbocycles. The average molecular weight is 349 g/mol. The first-order chi connectivity index (χ1) is 11.5. The molecule has 1 saturated carbocycles. The van der Waals surface area contributed by atoms with Crippen LogP contribution in [0, 0.1) is 12.8 Å². The summed E-state index contributed by atoms with van der Waals surface area (Å²) in [6.45, 7) is 4.04. The minimum absolute atomic E-state index is 0.173. The Bertz CT molecular complexity index is 544. The highest BCUT2D eigenvalue weighted by molar-refractivity contribution is 7.99. The molecule has 5 heteroatoms. The second kappa shape index (κ2) is 9.72. The van der Waals surface area contributed by atoms with Gasteiger partial charge in [0.05, 0.1) is 5.75 Å². The monoisotopic (exact) mass is 349 g/mol. The number of amides is 1. The van der Waals surface area contributed by atoms with Gasteiger partial charge in [0.25, 0.3) is 5.91 Å². The number of ether oxygens (including phenoxy) is 1. The molecule has 132 valence electrons. The highest BCUT2D eigenvalue weighted by Gasteiger charge is 2.23. The van der Waals surface area contributed by atoms with Gasteiger partial charge in [-0.05, 0) is 31.2 Å². The van der Waals surface area contributed by atoms with Crippen molar-refractivity contribution in [2.75, 3.05) is 12.4 Å². The highest BCUT2D eigenvalue weighted by Crippen LogP contribution is 2.23. The van der Waals surface area contributed by atoms with E-state index in [0.29, 0.717) is 5.92 Å². The smallest absolute Gasteiger partial charge is 0.316 e. The lowest BCUT2D eigenvalue weighted by Gasteiger charge is -2.29. The summed E-state index contributed by atoms with van der Waals surface area (Å²) in [5.41, 5.74) is 2.41. The molecule has 0 heterocycles. The molecule has 1 aromatic carbocycles. The van der Waals surface area contributed by atoms with Crippen molar-refractivity contribution in [2.45, 2.75) is 51.3 Å². The zero-order chi connectivity index (χ0) is 17.4. The second-order valence-corrected chi connectivity index (χ2v) is 7.56. The van der Waals surface area contributed by atoms with Crippen molar-refractivity contribution in [3.8, 4) is 0 Å². The SMILES string of the molecule is Cc1ccc(CSCC(=O)OCC(=O)N[C@@H]2CCCC[C@@H]2C)cc1. The Hall–Kier alpha value is -1.49. The number of nitrogens with one attached hydrogen (secondary N) is 1. The molecule has 0 spiro atoms. The zero-order valence-electron chi connectivity index (χ0n) is 14.5. The molecule has 2 rings (SSSR count). The van der Waals surface area contributed by atoms with Crippen molar-refractivity contribution >= 4 is 23.6 Å². The lowest BCUT2D eigenvalue weighted by Crippen LogP contribution is -2.43. The Kier molecular flexibility index (Phi) is 7.63. The van der Waals surface area contributed by atoms with Gasteiger partial charge >= 0.3 is 5.97 Å². The van der Waals surface area contributed by atoms with Crippen LogP contribution in [0.2, 0.25) is 0 Å². The largest absolute Gasteiger partial charge is 0.455 e. The molecule has 24 heavy (non-hydrogen) atoms. The van der Waals surface area contributed by atoms with Gasteiger partial charge in [0.15, 0.2) is 6.61 Å². The van der Waals surface area contributed by atoms with E-state index >= 15 is 0 Å². The van der Waals surface area contributed by atoms with E-state index in [4.69, 9.17) is 4.74 Å². The molecule has 0 saturated heterocycles. The molecular formula is C19H27NO3S. The summed E-state index contributed by atoms with van der Waals surface area (Å²) in [6, 6.07) is 8.47. The predicted molar refractivity (Wildman–Crippen MR) is 97.9 cm³/mol. The molecule has 0 aliphatic heterocycles. The van der Waals surface area contributed by atoms with Gasteiger partial charge in [-0.25, -0.2) is 0 Å². The third-order valence-corrected chi connectivity index (χ3v) is 5.41. The van der Waals surface area contributed by atoms with Crippen molar-refractivity contribution in [3.05, 3.63) is 35.4 Å². The van der Waals surface area contributed by atoms with Crippen LogP contribution in [-0.2, 0) is 20.1 Å². The minimum atomic E-state index is -0.334. The van der Waals surface area contributed by atoms with E-state index in [2.05, 4.69) is 36.5 Å². The molecule has 1 amide bonds. The molecule has 0 aromatic heterocycles. The van der Waals surface area contributed by atoms with E-state index in [1.807, 2.05) is 6.92 Å². The number of rotatable bonds is 7. The van der Waals surface area contributed by atoms with Gasteiger partial charge in [-0.3, -0.25) is 9.59 Å². The molecule has 1 aromatic rings. The third kappa shape index (κ3) is 6.56. The molecule has 2 atom stereocenters. The van der Waals surface area contributed by atoms with E-state index in [-0.39, 0.29) is 30.3 Å². The fraction of sp³-hybridized carbons (Fsp3) is 0.579. The summed E-state index contributed by atoms with van der Waals surface area (Å²) in [7, 11) is 0. The Morgan fingerprint density at radius 1 is 1.21 bits per heavy atom. The Labute approximate surface area is 148 Å². The normalized spacial score (nSPS) is 20.4. The zero-order valence-corrected chi connectivity index (χ0v) is 15.4. The first-order valence-corrected chi connectivity index (χ1v) is 9.78. The van der Waals surface area contributed by atoms with Crippen molar-refractivity contribution in [1.29, 1.82) is 0 Å². The number of carbonyl (C=O) groups excluding carboxylic acids is 2. The Morgan fingerprint density at radius 2 is 1.92 bits per heavy atom. The van der Waals surface area contributed by atoms with Gasteiger partial charge in [-0.1, -0.05) is 49.6 Å². The van der Waals surface area contributed by atoms with Crippen LogP contribution in [-0.4, -0.2) is 30.3 Å². The van der Waals surface area contributed by atoms with Crippen LogP contribution in [0.3, 0.4) is 0 Å². The molecule has 1 fully saturated rings. The summed E-state index contributed by atoms with van der Waals surface area (Å²) in [5, 5.41) is 2.99. The van der Waals surface area contributed by atoms with Crippen molar-refractivity contribution in [1.82, 2.24) is 5.32 Å². The van der Waals surface area contributed by atoms with Gasteiger partial charge in [-0.15, -0.1) is 11.8 Å². The van der Waals surface area contributed by atoms with Crippen LogP contribution in [0.15, 0.2) is 24.3 Å². The maximum Gasteiger partial charge on any atom is 0.316 e. The maximum absolute atomic E-state index is 11.9. The van der Waals surface area contributed by atoms with E-state index in [1.165, 1.54) is 29.3 Å². The summed E-state index contributed by atoms with van der Waals surface area (Å²) < 4.78 is 5.07. The summed E-state index contributed by atoms with van der Waals surface area (Å²) >= 11 is 1.50. The first kappa shape index (κ1) is 18.8. The number of esters is 1. The first-order valence-electron chi connectivity index (χ1n) is 8.63. The molecule has 0 bridgehead atoms. The van der Waals surface area contributed by atoms with E-state index in [9.17, 15) is 9.59 Å². The lowest BCUT2D eigenvalue weighted by molar-refractivity contribution is -0.146. The number of aryl methyl sites for hydroxylation is 1. The third-order valence-electron chi connectivity index (χ3n) is 4.43. The van der Waals surface area contributed by atoms with Gasteiger partial charge in [0, 0.05) is 11.8 Å². The topological polar surface area (TPSA) is 55.4 Å². The van der Waals surface area contributed by atoms with E-state index in [0.717, 1.165) is 25.0 Å². The van der Waals surface area contributed by atoms with E-state index < -0.39 is 0 Å². The van der Waals surface area contributed by atoms with Crippen LogP contribution in [0.4, 0.5) is 0 Å². The van der Waals surface area contributed by atoms with Crippen LogP contribution in [0.1, 0.15) is 43.7 Å². The molecule has 4 nitrogen and oxygen atoms in total. The molecule has 0 radical (unpaired) electrons. The van der Waals surface area contributed by atoms with Crippen molar-refractivity contribution in [2.24, 2.45) is 5.92 Å². The van der Waals surface area contributed by atoms with Crippen molar-refractivity contribution < 1.29 is 14.3 Å². The Balaban J connectivity index is 1.60. The quantitative estimate of drug-likeness (QED) is 0.766. The fourth-order valence-electron chi connectivity index (χ4n) is 2.90. The Morgan fingerprint density at radius 3 is 2.62 bits per heavy atom. The summed E-state index contributed by atoms with van der Waals surface area (Å²) in [4.78, 5) is 23.6. The molecule has 0 unspecified atom stereocenters. The summed E-state index contributed by atoms with van der Waals surface area (Å²) in [6.07, 6.45) is 4.57. The number of hydrogen-bond acceptors (Lipinski definition) is 4. The second-order valence-electron chi connectivity index (χ2n) is 6.57. The predicted octanol–water partition coefficient (Wildman–Crippen LogP) is 3.47. The number of hydrogen-bond donors (Lipinski definition) is 1. The number of carbonyl (C=O) groups is 2. The van der Waals surface area contributed by atoms with Crippen LogP contribution in [0.5, 0.6) is 0 Å². The fourth-order valence-corrected chi connectivity index (χ4v) is 3.68. The summed E-state index contributed by atoms with van der Waals surface area (Å²) in [5.74, 6) is 1.01. The molecule has 1 N–H and O–H groups in total.